The van der Waals surface area contributed by atoms with Crippen LogP contribution in [0.15, 0.2) is 0 Å². The predicted molar refractivity (Wildman–Crippen MR) is 62.4 cm³/mol. The van der Waals surface area contributed by atoms with Crippen molar-refractivity contribution in [1.82, 2.24) is 0 Å². The molecule has 0 aliphatic rings. The van der Waals surface area contributed by atoms with Crippen molar-refractivity contribution < 1.29 is 4.80 Å². The van der Waals surface area contributed by atoms with Gasteiger partial charge in [0.15, 0.2) is 8.32 Å². The fourth-order valence-corrected chi connectivity index (χ4v) is 5.91. The van der Waals surface area contributed by atoms with E-state index in [-0.39, 0.29) is 0 Å². The summed E-state index contributed by atoms with van der Waals surface area (Å²) in [5, 5.41) is 0. The normalized spacial score (nSPS) is 13.4. The van der Waals surface area contributed by atoms with Gasteiger partial charge in [-0.3, -0.25) is 0 Å². The molecule has 0 saturated heterocycles. The SMILES string of the molecule is CC(C)C[Si](O)(CC(C)C)C(C)C. The van der Waals surface area contributed by atoms with Gasteiger partial charge in [-0.15, -0.1) is 0 Å². The van der Waals surface area contributed by atoms with Crippen molar-refractivity contribution >= 4 is 8.32 Å². The van der Waals surface area contributed by atoms with Gasteiger partial charge in [-0.25, -0.2) is 0 Å². The molecule has 13 heavy (non-hydrogen) atoms. The van der Waals surface area contributed by atoms with Crippen molar-refractivity contribution in [3.63, 3.8) is 0 Å². The molecule has 0 bridgehead atoms. The van der Waals surface area contributed by atoms with Crippen LogP contribution in [-0.4, -0.2) is 13.1 Å². The smallest absolute Gasteiger partial charge is 0.191 e. The van der Waals surface area contributed by atoms with E-state index in [1.165, 1.54) is 0 Å². The maximum Gasteiger partial charge on any atom is 0.191 e. The van der Waals surface area contributed by atoms with Crippen LogP contribution in [0.2, 0.25) is 17.6 Å². The Hall–Kier alpha value is 0.177. The molecule has 0 aliphatic carbocycles. The van der Waals surface area contributed by atoms with Gasteiger partial charge in [-0.2, -0.15) is 0 Å². The summed E-state index contributed by atoms with van der Waals surface area (Å²) in [6.07, 6.45) is 0. The van der Waals surface area contributed by atoms with Gasteiger partial charge in [0.1, 0.15) is 0 Å². The van der Waals surface area contributed by atoms with E-state index in [0.29, 0.717) is 17.4 Å². The van der Waals surface area contributed by atoms with Crippen LogP contribution in [0.1, 0.15) is 41.5 Å². The molecule has 0 unspecified atom stereocenters. The minimum absolute atomic E-state index is 0.497. The fourth-order valence-electron chi connectivity index (χ4n) is 1.97. The molecule has 1 nitrogen and oxygen atoms in total. The number of hydrogen-bond donors (Lipinski definition) is 1. The second-order valence-electron chi connectivity index (χ2n) is 5.45. The van der Waals surface area contributed by atoms with Crippen molar-refractivity contribution in [2.24, 2.45) is 11.8 Å². The van der Waals surface area contributed by atoms with Gasteiger partial charge in [0.2, 0.25) is 0 Å². The van der Waals surface area contributed by atoms with Gasteiger partial charge in [-0.1, -0.05) is 41.5 Å². The zero-order chi connectivity index (χ0) is 10.6. The standard InChI is InChI=1S/C11H26OSi/c1-9(2)7-13(12,11(5)6)8-10(3)4/h9-12H,7-8H2,1-6H3. The van der Waals surface area contributed by atoms with Gasteiger partial charge >= 0.3 is 0 Å². The summed E-state index contributed by atoms with van der Waals surface area (Å²) in [6, 6.07) is 2.12. The lowest BCUT2D eigenvalue weighted by Crippen LogP contribution is -2.40. The average Bonchev–Trinajstić information content (AvgIpc) is 1.82. The average molecular weight is 202 g/mol. The molecule has 0 radical (unpaired) electrons. The van der Waals surface area contributed by atoms with Gasteiger partial charge in [0.05, 0.1) is 0 Å². The van der Waals surface area contributed by atoms with E-state index in [2.05, 4.69) is 41.5 Å². The van der Waals surface area contributed by atoms with Gasteiger partial charge in [0.25, 0.3) is 0 Å². The molecule has 0 fully saturated rings. The van der Waals surface area contributed by atoms with Gasteiger partial charge in [0, 0.05) is 0 Å². The summed E-state index contributed by atoms with van der Waals surface area (Å²) >= 11 is 0. The monoisotopic (exact) mass is 202 g/mol. The Morgan fingerprint density at radius 2 is 1.15 bits per heavy atom. The third-order valence-electron chi connectivity index (χ3n) is 2.60. The highest BCUT2D eigenvalue weighted by atomic mass is 28.4. The second kappa shape index (κ2) is 5.16. The first kappa shape index (κ1) is 13.2. The topological polar surface area (TPSA) is 20.2 Å². The van der Waals surface area contributed by atoms with Crippen LogP contribution in [0.3, 0.4) is 0 Å². The van der Waals surface area contributed by atoms with E-state index < -0.39 is 8.32 Å². The summed E-state index contributed by atoms with van der Waals surface area (Å²) in [5.41, 5.74) is 0.497. The van der Waals surface area contributed by atoms with E-state index in [9.17, 15) is 4.80 Å². The van der Waals surface area contributed by atoms with Crippen LogP contribution in [0.5, 0.6) is 0 Å². The van der Waals surface area contributed by atoms with E-state index in [1.54, 1.807) is 0 Å². The predicted octanol–water partition coefficient (Wildman–Crippen LogP) is 3.65. The van der Waals surface area contributed by atoms with Crippen LogP contribution in [0.4, 0.5) is 0 Å². The molecule has 80 valence electrons. The Morgan fingerprint density at radius 1 is 0.846 bits per heavy atom. The quantitative estimate of drug-likeness (QED) is 0.675. The Morgan fingerprint density at radius 3 is 1.31 bits per heavy atom. The van der Waals surface area contributed by atoms with Crippen LogP contribution in [0.25, 0.3) is 0 Å². The molecule has 0 aromatic carbocycles. The molecule has 0 spiro atoms. The van der Waals surface area contributed by atoms with Crippen molar-refractivity contribution in [3.05, 3.63) is 0 Å². The third-order valence-corrected chi connectivity index (χ3v) is 7.79. The van der Waals surface area contributed by atoms with Crippen molar-refractivity contribution in [2.75, 3.05) is 0 Å². The first-order valence-electron chi connectivity index (χ1n) is 5.50. The number of rotatable bonds is 5. The van der Waals surface area contributed by atoms with Crippen LogP contribution in [0, 0.1) is 11.8 Å². The minimum atomic E-state index is -1.95. The molecule has 0 aromatic heterocycles. The largest absolute Gasteiger partial charge is 0.431 e. The summed E-state index contributed by atoms with van der Waals surface area (Å²) in [7, 11) is -1.95. The third kappa shape index (κ3) is 4.82. The Bertz CT molecular complexity index is 131. The molecule has 1 N–H and O–H groups in total. The highest BCUT2D eigenvalue weighted by Crippen LogP contribution is 2.32. The van der Waals surface area contributed by atoms with Crippen LogP contribution < -0.4 is 0 Å². The van der Waals surface area contributed by atoms with E-state index in [0.717, 1.165) is 12.1 Å². The van der Waals surface area contributed by atoms with E-state index in [1.807, 2.05) is 0 Å². The second-order valence-corrected chi connectivity index (χ2v) is 9.63. The maximum atomic E-state index is 10.6. The lowest BCUT2D eigenvalue weighted by molar-refractivity contribution is 0.470. The molecule has 0 aliphatic heterocycles. The summed E-state index contributed by atoms with van der Waals surface area (Å²) in [5.74, 6) is 1.27. The van der Waals surface area contributed by atoms with Crippen molar-refractivity contribution in [3.8, 4) is 0 Å². The zero-order valence-electron chi connectivity index (χ0n) is 10.1. The Kier molecular flexibility index (Phi) is 5.23. The lowest BCUT2D eigenvalue weighted by Gasteiger charge is -2.32. The zero-order valence-corrected chi connectivity index (χ0v) is 11.1. The van der Waals surface area contributed by atoms with E-state index in [4.69, 9.17) is 0 Å². The van der Waals surface area contributed by atoms with Crippen LogP contribution >= 0.6 is 0 Å². The summed E-state index contributed by atoms with van der Waals surface area (Å²) < 4.78 is 0. The molecule has 0 atom stereocenters. The molecule has 0 saturated carbocycles. The van der Waals surface area contributed by atoms with Gasteiger partial charge < -0.3 is 4.80 Å². The molecule has 2 heteroatoms. The number of hydrogen-bond acceptors (Lipinski definition) is 1. The minimum Gasteiger partial charge on any atom is -0.431 e. The first-order valence-corrected chi connectivity index (χ1v) is 7.94. The lowest BCUT2D eigenvalue weighted by atomic mass is 10.3. The maximum absolute atomic E-state index is 10.6. The molecule has 0 amide bonds. The van der Waals surface area contributed by atoms with Crippen molar-refractivity contribution in [1.29, 1.82) is 0 Å². The molecular weight excluding hydrogens is 176 g/mol. The molecule has 0 heterocycles. The fraction of sp³-hybridized carbons (Fsp3) is 1.00. The molecule has 0 aromatic rings. The van der Waals surface area contributed by atoms with Gasteiger partial charge in [-0.05, 0) is 29.5 Å². The van der Waals surface area contributed by atoms with Crippen molar-refractivity contribution in [2.45, 2.75) is 59.2 Å². The Balaban J connectivity index is 4.34. The highest BCUT2D eigenvalue weighted by molar-refractivity contribution is 6.73. The molecular formula is C11H26OSi. The van der Waals surface area contributed by atoms with Crippen LogP contribution in [-0.2, 0) is 0 Å². The van der Waals surface area contributed by atoms with E-state index >= 15 is 0 Å². The summed E-state index contributed by atoms with van der Waals surface area (Å²) in [4.78, 5) is 10.6. The Labute approximate surface area is 84.7 Å². The first-order chi connectivity index (χ1) is 5.78. The summed E-state index contributed by atoms with van der Waals surface area (Å²) in [6.45, 7) is 13.2. The highest BCUT2D eigenvalue weighted by Gasteiger charge is 2.35. The molecule has 0 rings (SSSR count).